The molecule has 0 spiro atoms. The van der Waals surface area contributed by atoms with Crippen molar-refractivity contribution in [1.29, 1.82) is 0 Å². The first-order valence-corrected chi connectivity index (χ1v) is 8.10. The smallest absolute Gasteiger partial charge is 0.134 e. The summed E-state index contributed by atoms with van der Waals surface area (Å²) in [5.74, 6) is 0.493. The lowest BCUT2D eigenvalue weighted by atomic mass is 9.99. The predicted octanol–water partition coefficient (Wildman–Crippen LogP) is 2.85. The Kier molecular flexibility index (Phi) is 4.13. The van der Waals surface area contributed by atoms with Crippen LogP contribution in [0.15, 0.2) is 47.5 Å². The number of aromatic amines is 1. The van der Waals surface area contributed by atoms with Crippen LogP contribution in [0.25, 0.3) is 11.0 Å². The molecule has 5 nitrogen and oxygen atoms in total. The van der Waals surface area contributed by atoms with Crippen LogP contribution in [0.1, 0.15) is 11.3 Å². The third kappa shape index (κ3) is 3.46. The average molecular weight is 311 g/mol. The molecule has 1 aliphatic rings. The van der Waals surface area contributed by atoms with Crippen LogP contribution in [0.2, 0.25) is 0 Å². The van der Waals surface area contributed by atoms with Crippen molar-refractivity contribution in [2.45, 2.75) is 13.0 Å². The largest absolute Gasteiger partial charge is 0.464 e. The number of hydrogen-bond donors (Lipinski definition) is 1. The summed E-state index contributed by atoms with van der Waals surface area (Å²) in [7, 11) is 0. The second-order valence-electron chi connectivity index (χ2n) is 6.25. The van der Waals surface area contributed by atoms with Crippen molar-refractivity contribution in [2.75, 3.05) is 26.3 Å². The van der Waals surface area contributed by atoms with Crippen molar-refractivity contribution in [2.24, 2.45) is 5.92 Å². The van der Waals surface area contributed by atoms with Crippen LogP contribution in [0.4, 0.5) is 0 Å². The van der Waals surface area contributed by atoms with Crippen LogP contribution in [-0.2, 0) is 17.7 Å². The molecular formula is C18H21N3O2. The van der Waals surface area contributed by atoms with Crippen molar-refractivity contribution in [1.82, 2.24) is 14.9 Å². The summed E-state index contributed by atoms with van der Waals surface area (Å²) >= 11 is 0. The maximum absolute atomic E-state index is 5.81. The van der Waals surface area contributed by atoms with Gasteiger partial charge in [-0.05, 0) is 30.0 Å². The molecule has 0 bridgehead atoms. The van der Waals surface area contributed by atoms with E-state index in [1.54, 1.807) is 12.6 Å². The van der Waals surface area contributed by atoms with Crippen LogP contribution in [-0.4, -0.2) is 41.2 Å². The SMILES string of the molecule is c1ncc(CN2CCOC[C@H](Cc3ccc4ccoc4c3)C2)[nH]1. The molecule has 3 aromatic rings. The lowest BCUT2D eigenvalue weighted by molar-refractivity contribution is 0.121. The van der Waals surface area contributed by atoms with Gasteiger partial charge in [0.25, 0.3) is 0 Å². The molecule has 4 rings (SSSR count). The molecule has 2 aromatic heterocycles. The van der Waals surface area contributed by atoms with Crippen molar-refractivity contribution in [3.05, 3.63) is 54.3 Å². The Labute approximate surface area is 135 Å². The predicted molar refractivity (Wildman–Crippen MR) is 88.1 cm³/mol. The minimum atomic E-state index is 0.493. The average Bonchev–Trinajstić information content (AvgIpc) is 3.17. The van der Waals surface area contributed by atoms with Crippen molar-refractivity contribution < 1.29 is 9.15 Å². The minimum absolute atomic E-state index is 0.493. The fraction of sp³-hybridized carbons (Fsp3) is 0.389. The zero-order chi connectivity index (χ0) is 15.5. The molecule has 1 aromatic carbocycles. The Morgan fingerprint density at radius 1 is 1.30 bits per heavy atom. The maximum atomic E-state index is 5.81. The monoisotopic (exact) mass is 311 g/mol. The molecule has 5 heteroatoms. The fourth-order valence-electron chi connectivity index (χ4n) is 3.29. The Bertz CT molecular complexity index is 751. The highest BCUT2D eigenvalue weighted by Gasteiger charge is 2.19. The summed E-state index contributed by atoms with van der Waals surface area (Å²) < 4.78 is 11.3. The first-order chi connectivity index (χ1) is 11.4. The molecule has 0 aliphatic carbocycles. The number of nitrogens with one attached hydrogen (secondary N) is 1. The summed E-state index contributed by atoms with van der Waals surface area (Å²) in [6.07, 6.45) is 6.39. The standard InChI is InChI=1S/C18H21N3O2/c1-2-16-3-5-23-18(16)8-14(1)7-15-10-21(4-6-22-12-15)11-17-9-19-13-20-17/h1-3,5,8-9,13,15H,4,6-7,10-12H2,(H,19,20)/t15-/m1/s1. The van der Waals surface area contributed by atoms with E-state index in [0.29, 0.717) is 5.92 Å². The fourth-order valence-corrected chi connectivity index (χ4v) is 3.29. The molecule has 1 aliphatic heterocycles. The highest BCUT2D eigenvalue weighted by molar-refractivity contribution is 5.77. The molecule has 1 N–H and O–H groups in total. The number of nitrogens with zero attached hydrogens (tertiary/aromatic N) is 2. The van der Waals surface area contributed by atoms with Crippen molar-refractivity contribution in [3.8, 4) is 0 Å². The van der Waals surface area contributed by atoms with Gasteiger partial charge in [-0.15, -0.1) is 0 Å². The first kappa shape index (κ1) is 14.5. The molecule has 1 fully saturated rings. The Balaban J connectivity index is 1.44. The number of imidazole rings is 1. The Hall–Kier alpha value is -2.11. The molecule has 1 atom stereocenters. The molecular weight excluding hydrogens is 290 g/mol. The van der Waals surface area contributed by atoms with Gasteiger partial charge in [0.05, 0.1) is 25.8 Å². The van der Waals surface area contributed by atoms with Crippen LogP contribution < -0.4 is 0 Å². The van der Waals surface area contributed by atoms with Gasteiger partial charge in [0.15, 0.2) is 0 Å². The zero-order valence-electron chi connectivity index (χ0n) is 13.1. The van der Waals surface area contributed by atoms with E-state index in [9.17, 15) is 0 Å². The van der Waals surface area contributed by atoms with Gasteiger partial charge in [0, 0.05) is 36.9 Å². The van der Waals surface area contributed by atoms with Gasteiger partial charge in [-0.3, -0.25) is 4.90 Å². The van der Waals surface area contributed by atoms with Crippen molar-refractivity contribution >= 4 is 11.0 Å². The van der Waals surface area contributed by atoms with E-state index in [4.69, 9.17) is 9.15 Å². The highest BCUT2D eigenvalue weighted by atomic mass is 16.5. The van der Waals surface area contributed by atoms with Crippen LogP contribution in [0.5, 0.6) is 0 Å². The number of fused-ring (bicyclic) bond motifs is 1. The lowest BCUT2D eigenvalue weighted by Gasteiger charge is -2.22. The van der Waals surface area contributed by atoms with Crippen LogP contribution >= 0.6 is 0 Å². The van der Waals surface area contributed by atoms with Gasteiger partial charge < -0.3 is 14.1 Å². The van der Waals surface area contributed by atoms with Gasteiger partial charge in [-0.25, -0.2) is 4.98 Å². The highest BCUT2D eigenvalue weighted by Crippen LogP contribution is 2.21. The topological polar surface area (TPSA) is 54.3 Å². The lowest BCUT2D eigenvalue weighted by Crippen LogP contribution is -2.30. The number of benzene rings is 1. The number of ether oxygens (including phenoxy) is 1. The summed E-state index contributed by atoms with van der Waals surface area (Å²) in [6, 6.07) is 8.48. The zero-order valence-corrected chi connectivity index (χ0v) is 13.1. The summed E-state index contributed by atoms with van der Waals surface area (Å²) in [6.45, 7) is 4.51. The van der Waals surface area contributed by atoms with Crippen LogP contribution in [0, 0.1) is 5.92 Å². The molecule has 0 amide bonds. The van der Waals surface area contributed by atoms with Crippen LogP contribution in [0.3, 0.4) is 0 Å². The second-order valence-corrected chi connectivity index (χ2v) is 6.25. The number of hydrogen-bond acceptors (Lipinski definition) is 4. The second kappa shape index (κ2) is 6.56. The molecule has 0 radical (unpaired) electrons. The molecule has 0 unspecified atom stereocenters. The maximum Gasteiger partial charge on any atom is 0.134 e. The van der Waals surface area contributed by atoms with E-state index >= 15 is 0 Å². The minimum Gasteiger partial charge on any atom is -0.464 e. The molecule has 3 heterocycles. The number of furan rings is 1. The third-order valence-corrected chi connectivity index (χ3v) is 4.42. The number of rotatable bonds is 4. The molecule has 120 valence electrons. The van der Waals surface area contributed by atoms with E-state index in [1.165, 1.54) is 5.56 Å². The van der Waals surface area contributed by atoms with Gasteiger partial charge in [-0.1, -0.05) is 12.1 Å². The van der Waals surface area contributed by atoms with E-state index in [1.807, 2.05) is 12.3 Å². The van der Waals surface area contributed by atoms with Gasteiger partial charge >= 0.3 is 0 Å². The van der Waals surface area contributed by atoms with Gasteiger partial charge in [0.2, 0.25) is 0 Å². The quantitative estimate of drug-likeness (QED) is 0.805. The molecule has 23 heavy (non-hydrogen) atoms. The van der Waals surface area contributed by atoms with Gasteiger partial charge in [0.1, 0.15) is 5.58 Å². The van der Waals surface area contributed by atoms with E-state index in [-0.39, 0.29) is 0 Å². The van der Waals surface area contributed by atoms with Gasteiger partial charge in [-0.2, -0.15) is 0 Å². The Morgan fingerprint density at radius 2 is 2.30 bits per heavy atom. The van der Waals surface area contributed by atoms with E-state index in [0.717, 1.165) is 55.9 Å². The van der Waals surface area contributed by atoms with E-state index in [2.05, 4.69) is 33.1 Å². The summed E-state index contributed by atoms with van der Waals surface area (Å²) in [5, 5.41) is 1.16. The normalized spacial score (nSPS) is 19.9. The Morgan fingerprint density at radius 3 is 3.22 bits per heavy atom. The third-order valence-electron chi connectivity index (χ3n) is 4.42. The van der Waals surface area contributed by atoms with Crippen molar-refractivity contribution in [3.63, 3.8) is 0 Å². The molecule has 0 saturated carbocycles. The molecule has 1 saturated heterocycles. The van der Waals surface area contributed by atoms with E-state index < -0.39 is 0 Å². The summed E-state index contributed by atoms with van der Waals surface area (Å²) in [4.78, 5) is 9.72. The number of H-pyrrole nitrogens is 1. The number of aromatic nitrogens is 2. The summed E-state index contributed by atoms with van der Waals surface area (Å²) in [5.41, 5.74) is 3.43. The first-order valence-electron chi connectivity index (χ1n) is 8.10.